The Morgan fingerprint density at radius 1 is 0.606 bits per heavy atom. The SMILES string of the molecule is c1ccc(-c2cnc(-c3cnccn3)c(-c3cccs3)c2-c2cccc3ccccc23)cc1. The maximum Gasteiger partial charge on any atom is 0.108 e. The number of hydrogen-bond acceptors (Lipinski definition) is 4. The zero-order valence-corrected chi connectivity index (χ0v) is 18.5. The van der Waals surface area contributed by atoms with E-state index < -0.39 is 0 Å². The molecule has 6 aromatic rings. The summed E-state index contributed by atoms with van der Waals surface area (Å²) >= 11 is 1.71. The molecule has 0 radical (unpaired) electrons. The van der Waals surface area contributed by atoms with Gasteiger partial charge in [-0.15, -0.1) is 11.3 Å². The summed E-state index contributed by atoms with van der Waals surface area (Å²) in [5.74, 6) is 0. The third-order valence-corrected chi connectivity index (χ3v) is 6.68. The highest BCUT2D eigenvalue weighted by atomic mass is 32.1. The highest BCUT2D eigenvalue weighted by molar-refractivity contribution is 7.13. The quantitative estimate of drug-likeness (QED) is 0.281. The van der Waals surface area contributed by atoms with Crippen molar-refractivity contribution in [3.63, 3.8) is 0 Å². The lowest BCUT2D eigenvalue weighted by molar-refractivity contribution is 1.18. The maximum atomic E-state index is 4.95. The molecule has 0 saturated carbocycles. The fourth-order valence-corrected chi connectivity index (χ4v) is 5.12. The summed E-state index contributed by atoms with van der Waals surface area (Å²) in [4.78, 5) is 15.0. The first-order chi connectivity index (χ1) is 16.4. The lowest BCUT2D eigenvalue weighted by Gasteiger charge is -2.19. The third-order valence-electron chi connectivity index (χ3n) is 5.80. The van der Waals surface area contributed by atoms with E-state index in [2.05, 4.69) is 94.2 Å². The van der Waals surface area contributed by atoms with Crippen LogP contribution in [-0.4, -0.2) is 15.0 Å². The molecule has 3 aromatic heterocycles. The van der Waals surface area contributed by atoms with Crippen molar-refractivity contribution in [3.05, 3.63) is 115 Å². The molecule has 0 aliphatic carbocycles. The van der Waals surface area contributed by atoms with Gasteiger partial charge in [-0.05, 0) is 33.3 Å². The van der Waals surface area contributed by atoms with Crippen LogP contribution < -0.4 is 0 Å². The van der Waals surface area contributed by atoms with Crippen LogP contribution in [0, 0.1) is 0 Å². The molecule has 156 valence electrons. The Bertz CT molecular complexity index is 1540. The number of aromatic nitrogens is 3. The molecule has 0 N–H and O–H groups in total. The molecule has 4 heteroatoms. The number of pyridine rings is 1. The number of benzene rings is 3. The van der Waals surface area contributed by atoms with Crippen LogP contribution in [0.25, 0.3) is 54.9 Å². The molecule has 3 heterocycles. The minimum absolute atomic E-state index is 0.766. The Balaban J connectivity index is 1.79. The monoisotopic (exact) mass is 441 g/mol. The highest BCUT2D eigenvalue weighted by Gasteiger charge is 2.22. The van der Waals surface area contributed by atoms with E-state index in [1.807, 2.05) is 12.3 Å². The number of thiophene rings is 1. The molecule has 6 rings (SSSR count). The van der Waals surface area contributed by atoms with E-state index in [1.54, 1.807) is 29.9 Å². The summed E-state index contributed by atoms with van der Waals surface area (Å²) in [7, 11) is 0. The summed E-state index contributed by atoms with van der Waals surface area (Å²) in [5.41, 5.74) is 7.27. The molecule has 0 amide bonds. The zero-order valence-electron chi connectivity index (χ0n) is 17.7. The van der Waals surface area contributed by atoms with Gasteiger partial charge >= 0.3 is 0 Å². The van der Waals surface area contributed by atoms with Gasteiger partial charge < -0.3 is 0 Å². The summed E-state index contributed by atoms with van der Waals surface area (Å²) in [6.45, 7) is 0. The van der Waals surface area contributed by atoms with Crippen molar-refractivity contribution in [1.82, 2.24) is 15.0 Å². The Labute approximate surface area is 196 Å². The molecule has 0 fully saturated rings. The molecule has 0 bridgehead atoms. The molecule has 0 unspecified atom stereocenters. The van der Waals surface area contributed by atoms with Crippen LogP contribution in [0.2, 0.25) is 0 Å². The van der Waals surface area contributed by atoms with Gasteiger partial charge in [0.05, 0.1) is 11.9 Å². The van der Waals surface area contributed by atoms with Crippen molar-refractivity contribution in [3.8, 4) is 44.1 Å². The molecule has 0 spiro atoms. The topological polar surface area (TPSA) is 38.7 Å². The number of hydrogen-bond donors (Lipinski definition) is 0. The van der Waals surface area contributed by atoms with Gasteiger partial charge in [0.2, 0.25) is 0 Å². The van der Waals surface area contributed by atoms with Crippen LogP contribution in [0.15, 0.2) is 115 Å². The molecule has 0 atom stereocenters. The van der Waals surface area contributed by atoms with Crippen LogP contribution in [0.1, 0.15) is 0 Å². The number of fused-ring (bicyclic) bond motifs is 1. The van der Waals surface area contributed by atoms with E-state index in [1.165, 1.54) is 16.3 Å². The lowest BCUT2D eigenvalue weighted by atomic mass is 9.87. The molecular weight excluding hydrogens is 422 g/mol. The van der Waals surface area contributed by atoms with E-state index >= 15 is 0 Å². The fourth-order valence-electron chi connectivity index (χ4n) is 4.35. The predicted octanol–water partition coefficient (Wildman–Crippen LogP) is 7.75. The number of nitrogens with zero attached hydrogens (tertiary/aromatic N) is 3. The van der Waals surface area contributed by atoms with Crippen LogP contribution in [0.5, 0.6) is 0 Å². The van der Waals surface area contributed by atoms with Crippen LogP contribution in [0.4, 0.5) is 0 Å². The Morgan fingerprint density at radius 3 is 2.27 bits per heavy atom. The van der Waals surface area contributed by atoms with Gasteiger partial charge in [-0.2, -0.15) is 0 Å². The fraction of sp³-hybridized carbons (Fsp3) is 0. The molecule has 0 saturated heterocycles. The summed E-state index contributed by atoms with van der Waals surface area (Å²) in [6, 6.07) is 29.8. The van der Waals surface area contributed by atoms with Crippen molar-refractivity contribution < 1.29 is 0 Å². The second-order valence-electron chi connectivity index (χ2n) is 7.73. The molecule has 3 aromatic carbocycles. The van der Waals surface area contributed by atoms with Crippen LogP contribution in [0.3, 0.4) is 0 Å². The normalized spacial score (nSPS) is 11.0. The molecule has 0 aliphatic rings. The first-order valence-corrected chi connectivity index (χ1v) is 11.6. The second-order valence-corrected chi connectivity index (χ2v) is 8.68. The van der Waals surface area contributed by atoms with Crippen molar-refractivity contribution >= 4 is 22.1 Å². The average Bonchev–Trinajstić information content (AvgIpc) is 3.43. The summed E-state index contributed by atoms with van der Waals surface area (Å²) in [6.07, 6.45) is 7.18. The molecule has 33 heavy (non-hydrogen) atoms. The van der Waals surface area contributed by atoms with Gasteiger partial charge in [-0.25, -0.2) is 0 Å². The Hall–Kier alpha value is -4.15. The van der Waals surface area contributed by atoms with E-state index in [-0.39, 0.29) is 0 Å². The van der Waals surface area contributed by atoms with Crippen LogP contribution >= 0.6 is 11.3 Å². The van der Waals surface area contributed by atoms with Gasteiger partial charge in [-0.1, -0.05) is 78.9 Å². The number of rotatable bonds is 4. The van der Waals surface area contributed by atoms with Crippen molar-refractivity contribution in [2.24, 2.45) is 0 Å². The maximum absolute atomic E-state index is 4.95. The van der Waals surface area contributed by atoms with Crippen LogP contribution in [-0.2, 0) is 0 Å². The first-order valence-electron chi connectivity index (χ1n) is 10.8. The second kappa shape index (κ2) is 8.41. The van der Waals surface area contributed by atoms with E-state index in [0.717, 1.165) is 38.5 Å². The lowest BCUT2D eigenvalue weighted by Crippen LogP contribution is -1.98. The van der Waals surface area contributed by atoms with E-state index in [9.17, 15) is 0 Å². The van der Waals surface area contributed by atoms with Crippen molar-refractivity contribution in [2.75, 3.05) is 0 Å². The van der Waals surface area contributed by atoms with Gasteiger partial charge in [0.1, 0.15) is 5.69 Å². The standard InChI is InChI=1S/C29H19N3S/c1-2-8-21(9-3-1)24-18-32-29(25-19-30-15-16-31-25)28(26-14-7-17-33-26)27(24)23-13-6-11-20-10-4-5-12-22(20)23/h1-19H. The van der Waals surface area contributed by atoms with Gasteiger partial charge in [-0.3, -0.25) is 15.0 Å². The predicted molar refractivity (Wildman–Crippen MR) is 137 cm³/mol. The van der Waals surface area contributed by atoms with Gasteiger partial charge in [0, 0.05) is 40.2 Å². The molecule has 0 aliphatic heterocycles. The highest BCUT2D eigenvalue weighted by Crippen LogP contribution is 2.46. The summed E-state index contributed by atoms with van der Waals surface area (Å²) in [5, 5.41) is 4.54. The van der Waals surface area contributed by atoms with E-state index in [4.69, 9.17) is 4.98 Å². The smallest absolute Gasteiger partial charge is 0.108 e. The largest absolute Gasteiger partial charge is 0.261 e. The first kappa shape index (κ1) is 19.5. The minimum Gasteiger partial charge on any atom is -0.261 e. The van der Waals surface area contributed by atoms with Gasteiger partial charge in [0.25, 0.3) is 0 Å². The van der Waals surface area contributed by atoms with E-state index in [0.29, 0.717) is 0 Å². The van der Waals surface area contributed by atoms with Gasteiger partial charge in [0.15, 0.2) is 0 Å². The molecular formula is C29H19N3S. The Kier molecular flexibility index (Phi) is 4.98. The average molecular weight is 442 g/mol. The minimum atomic E-state index is 0.766. The third kappa shape index (κ3) is 3.51. The molecule has 3 nitrogen and oxygen atoms in total. The van der Waals surface area contributed by atoms with Crippen molar-refractivity contribution in [2.45, 2.75) is 0 Å². The summed E-state index contributed by atoms with van der Waals surface area (Å²) < 4.78 is 0. The zero-order chi connectivity index (χ0) is 22.0. The Morgan fingerprint density at radius 2 is 1.45 bits per heavy atom. The van der Waals surface area contributed by atoms with Crippen molar-refractivity contribution in [1.29, 1.82) is 0 Å².